The van der Waals surface area contributed by atoms with E-state index in [0.717, 1.165) is 6.42 Å². The maximum absolute atomic E-state index is 10.3. The van der Waals surface area contributed by atoms with Crippen LogP contribution >= 0.6 is 0 Å². The lowest BCUT2D eigenvalue weighted by atomic mass is 10.1. The normalized spacial score (nSPS) is 13.2. The minimum absolute atomic E-state index is 0.227. The molecule has 4 heteroatoms. The molecule has 19 heavy (non-hydrogen) atoms. The molecule has 4 nitrogen and oxygen atoms in total. The first-order valence-electron chi connectivity index (χ1n) is 6.47. The molecular weight excluding hydrogens is 244 g/mol. The zero-order chi connectivity index (χ0) is 14.5. The SMILES string of the molecule is CCC(C)(C)OCC(O)c1cc(OC)ccc1OC. The number of hydrogen-bond acceptors (Lipinski definition) is 4. The fraction of sp³-hybridized carbons (Fsp3) is 0.600. The minimum Gasteiger partial charge on any atom is -0.497 e. The first-order chi connectivity index (χ1) is 8.93. The first kappa shape index (κ1) is 15.8. The Labute approximate surface area is 115 Å². The lowest BCUT2D eigenvalue weighted by Crippen LogP contribution is -2.26. The summed E-state index contributed by atoms with van der Waals surface area (Å²) >= 11 is 0. The van der Waals surface area contributed by atoms with Crippen molar-refractivity contribution >= 4 is 0 Å². The van der Waals surface area contributed by atoms with Gasteiger partial charge in [-0.3, -0.25) is 0 Å². The molecule has 0 spiro atoms. The van der Waals surface area contributed by atoms with E-state index in [2.05, 4.69) is 6.92 Å². The predicted molar refractivity (Wildman–Crippen MR) is 74.8 cm³/mol. The van der Waals surface area contributed by atoms with Crippen molar-refractivity contribution in [3.05, 3.63) is 23.8 Å². The van der Waals surface area contributed by atoms with Crippen molar-refractivity contribution in [1.29, 1.82) is 0 Å². The van der Waals surface area contributed by atoms with Crippen molar-refractivity contribution in [2.24, 2.45) is 0 Å². The number of benzene rings is 1. The molecule has 0 aliphatic carbocycles. The summed E-state index contributed by atoms with van der Waals surface area (Å²) in [5.74, 6) is 1.32. The molecule has 0 heterocycles. The van der Waals surface area contributed by atoms with Crippen LogP contribution in [-0.2, 0) is 4.74 Å². The molecule has 1 aromatic carbocycles. The molecule has 0 radical (unpaired) electrons. The molecule has 1 aromatic rings. The summed E-state index contributed by atoms with van der Waals surface area (Å²) in [5.41, 5.74) is 0.432. The third-order valence-electron chi connectivity index (χ3n) is 3.28. The van der Waals surface area contributed by atoms with Gasteiger partial charge >= 0.3 is 0 Å². The van der Waals surface area contributed by atoms with Crippen molar-refractivity contribution in [3.8, 4) is 11.5 Å². The molecule has 1 N–H and O–H groups in total. The van der Waals surface area contributed by atoms with Crippen LogP contribution in [0.3, 0.4) is 0 Å². The van der Waals surface area contributed by atoms with Crippen LogP contribution in [0, 0.1) is 0 Å². The smallest absolute Gasteiger partial charge is 0.125 e. The highest BCUT2D eigenvalue weighted by atomic mass is 16.5. The summed E-state index contributed by atoms with van der Waals surface area (Å²) in [6, 6.07) is 5.35. The van der Waals surface area contributed by atoms with Crippen molar-refractivity contribution in [2.75, 3.05) is 20.8 Å². The van der Waals surface area contributed by atoms with Gasteiger partial charge in [-0.2, -0.15) is 0 Å². The van der Waals surface area contributed by atoms with E-state index >= 15 is 0 Å². The van der Waals surface area contributed by atoms with Crippen LogP contribution in [0.5, 0.6) is 11.5 Å². The highest BCUT2D eigenvalue weighted by molar-refractivity contribution is 5.41. The average molecular weight is 268 g/mol. The molecule has 1 unspecified atom stereocenters. The molecule has 0 saturated carbocycles. The second kappa shape index (κ2) is 6.78. The highest BCUT2D eigenvalue weighted by Crippen LogP contribution is 2.30. The van der Waals surface area contributed by atoms with Gasteiger partial charge in [0.25, 0.3) is 0 Å². The van der Waals surface area contributed by atoms with Crippen LogP contribution in [0.25, 0.3) is 0 Å². The fourth-order valence-electron chi connectivity index (χ4n) is 1.60. The van der Waals surface area contributed by atoms with Crippen LogP contribution in [0.15, 0.2) is 18.2 Å². The van der Waals surface area contributed by atoms with Gasteiger partial charge in [-0.15, -0.1) is 0 Å². The van der Waals surface area contributed by atoms with E-state index in [9.17, 15) is 5.11 Å². The number of aliphatic hydroxyl groups is 1. The number of hydrogen-bond donors (Lipinski definition) is 1. The fourth-order valence-corrected chi connectivity index (χ4v) is 1.60. The van der Waals surface area contributed by atoms with E-state index in [1.54, 1.807) is 32.4 Å². The van der Waals surface area contributed by atoms with Crippen LogP contribution in [0.2, 0.25) is 0 Å². The lowest BCUT2D eigenvalue weighted by Gasteiger charge is -2.26. The molecule has 0 saturated heterocycles. The maximum Gasteiger partial charge on any atom is 0.125 e. The Morgan fingerprint density at radius 3 is 2.42 bits per heavy atom. The number of aliphatic hydroxyl groups excluding tert-OH is 1. The lowest BCUT2D eigenvalue weighted by molar-refractivity contribution is -0.0622. The Hall–Kier alpha value is -1.26. The Morgan fingerprint density at radius 1 is 1.21 bits per heavy atom. The van der Waals surface area contributed by atoms with Gasteiger partial charge in [0.15, 0.2) is 0 Å². The maximum atomic E-state index is 10.3. The topological polar surface area (TPSA) is 47.9 Å². The summed E-state index contributed by atoms with van der Waals surface area (Å²) in [7, 11) is 3.17. The van der Waals surface area contributed by atoms with Gasteiger partial charge in [-0.05, 0) is 38.5 Å². The molecular formula is C15H24O4. The summed E-state index contributed by atoms with van der Waals surface area (Å²) in [6.07, 6.45) is 0.144. The highest BCUT2D eigenvalue weighted by Gasteiger charge is 2.20. The van der Waals surface area contributed by atoms with E-state index < -0.39 is 6.10 Å². The van der Waals surface area contributed by atoms with E-state index in [0.29, 0.717) is 17.1 Å². The Balaban J connectivity index is 2.82. The summed E-state index contributed by atoms with van der Waals surface area (Å²) in [6.45, 7) is 6.29. The standard InChI is InChI=1S/C15H24O4/c1-6-15(2,3)19-10-13(16)12-9-11(17-4)7-8-14(12)18-5/h7-9,13,16H,6,10H2,1-5H3. The molecule has 0 amide bonds. The van der Waals surface area contributed by atoms with Crippen LogP contribution < -0.4 is 9.47 Å². The van der Waals surface area contributed by atoms with Crippen molar-refractivity contribution < 1.29 is 19.3 Å². The molecule has 0 fully saturated rings. The van der Waals surface area contributed by atoms with Gasteiger partial charge in [-0.1, -0.05) is 6.92 Å². The van der Waals surface area contributed by atoms with Crippen molar-refractivity contribution in [2.45, 2.75) is 38.9 Å². The van der Waals surface area contributed by atoms with Gasteiger partial charge < -0.3 is 19.3 Å². The molecule has 1 rings (SSSR count). The van der Waals surface area contributed by atoms with Gasteiger partial charge in [0, 0.05) is 5.56 Å². The Morgan fingerprint density at radius 2 is 1.89 bits per heavy atom. The largest absolute Gasteiger partial charge is 0.497 e. The monoisotopic (exact) mass is 268 g/mol. The van der Waals surface area contributed by atoms with E-state index in [1.807, 2.05) is 13.8 Å². The Bertz CT molecular complexity index is 401. The molecule has 0 aliphatic heterocycles. The third kappa shape index (κ3) is 4.40. The number of rotatable bonds is 7. The number of methoxy groups -OCH3 is 2. The zero-order valence-corrected chi connectivity index (χ0v) is 12.4. The molecule has 0 bridgehead atoms. The average Bonchev–Trinajstić information content (AvgIpc) is 2.44. The quantitative estimate of drug-likeness (QED) is 0.826. The van der Waals surface area contributed by atoms with Gasteiger partial charge in [-0.25, -0.2) is 0 Å². The summed E-state index contributed by atoms with van der Waals surface area (Å²) in [4.78, 5) is 0. The Kier molecular flexibility index (Phi) is 5.63. The van der Waals surface area contributed by atoms with Gasteiger partial charge in [0.2, 0.25) is 0 Å². The summed E-state index contributed by atoms with van der Waals surface area (Å²) < 4.78 is 16.1. The zero-order valence-electron chi connectivity index (χ0n) is 12.4. The second-order valence-electron chi connectivity index (χ2n) is 5.05. The van der Waals surface area contributed by atoms with Crippen LogP contribution in [-0.4, -0.2) is 31.5 Å². The van der Waals surface area contributed by atoms with E-state index in [-0.39, 0.29) is 12.2 Å². The summed E-state index contributed by atoms with van der Waals surface area (Å²) in [5, 5.41) is 10.3. The third-order valence-corrected chi connectivity index (χ3v) is 3.28. The molecule has 108 valence electrons. The van der Waals surface area contributed by atoms with Crippen LogP contribution in [0.1, 0.15) is 38.9 Å². The van der Waals surface area contributed by atoms with Gasteiger partial charge in [0.1, 0.15) is 17.6 Å². The second-order valence-corrected chi connectivity index (χ2v) is 5.05. The molecule has 1 atom stereocenters. The first-order valence-corrected chi connectivity index (χ1v) is 6.47. The molecule has 0 aliphatic rings. The van der Waals surface area contributed by atoms with Crippen LogP contribution in [0.4, 0.5) is 0 Å². The minimum atomic E-state index is -0.740. The molecule has 0 aromatic heterocycles. The van der Waals surface area contributed by atoms with E-state index in [1.165, 1.54) is 0 Å². The van der Waals surface area contributed by atoms with Gasteiger partial charge in [0.05, 0.1) is 26.4 Å². The predicted octanol–water partition coefficient (Wildman–Crippen LogP) is 2.94. The van der Waals surface area contributed by atoms with Crippen molar-refractivity contribution in [1.82, 2.24) is 0 Å². The van der Waals surface area contributed by atoms with E-state index in [4.69, 9.17) is 14.2 Å². The number of ether oxygens (including phenoxy) is 3. The van der Waals surface area contributed by atoms with Crippen molar-refractivity contribution in [3.63, 3.8) is 0 Å².